The van der Waals surface area contributed by atoms with Gasteiger partial charge in [-0.2, -0.15) is 0 Å². The van der Waals surface area contributed by atoms with E-state index in [-0.39, 0.29) is 5.78 Å². The van der Waals surface area contributed by atoms with Gasteiger partial charge in [0.1, 0.15) is 0 Å². The Bertz CT molecular complexity index is 432. The summed E-state index contributed by atoms with van der Waals surface area (Å²) in [5, 5.41) is 0. The molecule has 0 aromatic heterocycles. The number of hydrogen-bond acceptors (Lipinski definition) is 2. The molecule has 0 radical (unpaired) electrons. The van der Waals surface area contributed by atoms with E-state index in [0.29, 0.717) is 17.9 Å². The van der Waals surface area contributed by atoms with Crippen molar-refractivity contribution in [2.45, 2.75) is 12.8 Å². The largest absolute Gasteiger partial charge is 0.490 e. The Morgan fingerprint density at radius 3 is 2.44 bits per heavy atom. The van der Waals surface area contributed by atoms with E-state index in [2.05, 4.69) is 31.9 Å². The molecule has 1 aliphatic rings. The summed E-state index contributed by atoms with van der Waals surface area (Å²) in [6.07, 6.45) is 3.76. The lowest BCUT2D eigenvalue weighted by Crippen LogP contribution is -2.11. The Kier molecular flexibility index (Phi) is 3.82. The van der Waals surface area contributed by atoms with Crippen molar-refractivity contribution in [3.05, 3.63) is 44.5 Å². The molecule has 0 fully saturated rings. The minimum Gasteiger partial charge on any atom is -0.490 e. The molecule has 4 heteroatoms. The minimum atomic E-state index is -0.0540. The number of ether oxygens (including phenoxy) is 1. The first-order valence-corrected chi connectivity index (χ1v) is 6.59. The molecule has 16 heavy (non-hydrogen) atoms. The number of rotatable bonds is 2. The van der Waals surface area contributed by atoms with E-state index in [1.54, 1.807) is 12.1 Å². The fraction of sp³-hybridized carbons (Fsp3) is 0.250. The number of benzene rings is 1. The predicted molar refractivity (Wildman–Crippen MR) is 69.4 cm³/mol. The molecule has 1 heterocycles. The highest BCUT2D eigenvalue weighted by molar-refractivity contribution is 9.11. The first-order chi connectivity index (χ1) is 7.66. The van der Waals surface area contributed by atoms with Gasteiger partial charge >= 0.3 is 0 Å². The molecule has 0 N–H and O–H groups in total. The SMILES string of the molecule is O=C(C1=CCCCO1)c1cc(Br)cc(Br)c1. The average Bonchev–Trinajstić information content (AvgIpc) is 2.28. The van der Waals surface area contributed by atoms with Gasteiger partial charge in [0.05, 0.1) is 6.61 Å². The zero-order valence-electron chi connectivity index (χ0n) is 8.50. The fourth-order valence-electron chi connectivity index (χ4n) is 1.54. The third kappa shape index (κ3) is 2.74. The van der Waals surface area contributed by atoms with Crippen LogP contribution in [0.25, 0.3) is 0 Å². The number of halogens is 2. The molecule has 0 unspecified atom stereocenters. The quantitative estimate of drug-likeness (QED) is 0.754. The summed E-state index contributed by atoms with van der Waals surface area (Å²) in [6, 6.07) is 5.49. The first kappa shape index (κ1) is 11.9. The zero-order valence-corrected chi connectivity index (χ0v) is 11.7. The Hall–Kier alpha value is -0.610. The van der Waals surface area contributed by atoms with Crippen LogP contribution in [0.1, 0.15) is 23.2 Å². The number of carbonyl (C=O) groups is 1. The maximum Gasteiger partial charge on any atom is 0.227 e. The van der Waals surface area contributed by atoms with Crippen LogP contribution in [0.2, 0.25) is 0 Å². The van der Waals surface area contributed by atoms with E-state index in [0.717, 1.165) is 21.8 Å². The van der Waals surface area contributed by atoms with Crippen LogP contribution >= 0.6 is 31.9 Å². The molecule has 1 aliphatic heterocycles. The standard InChI is InChI=1S/C12H10Br2O2/c13-9-5-8(6-10(14)7-9)12(15)11-3-1-2-4-16-11/h3,5-7H,1-2,4H2. The van der Waals surface area contributed by atoms with Gasteiger partial charge in [0, 0.05) is 14.5 Å². The van der Waals surface area contributed by atoms with E-state index in [4.69, 9.17) is 4.74 Å². The van der Waals surface area contributed by atoms with Gasteiger partial charge in [0.2, 0.25) is 5.78 Å². The van der Waals surface area contributed by atoms with Crippen molar-refractivity contribution in [2.75, 3.05) is 6.61 Å². The molecule has 1 aromatic rings. The number of hydrogen-bond donors (Lipinski definition) is 0. The van der Waals surface area contributed by atoms with E-state index in [1.807, 2.05) is 12.1 Å². The summed E-state index contributed by atoms with van der Waals surface area (Å²) in [5.41, 5.74) is 0.634. The highest BCUT2D eigenvalue weighted by Crippen LogP contribution is 2.23. The number of carbonyl (C=O) groups excluding carboxylic acids is 1. The lowest BCUT2D eigenvalue weighted by molar-refractivity contribution is 0.0899. The number of ketones is 1. The van der Waals surface area contributed by atoms with Gasteiger partial charge in [0.15, 0.2) is 5.76 Å². The maximum atomic E-state index is 12.1. The smallest absolute Gasteiger partial charge is 0.227 e. The normalized spacial score (nSPS) is 15.2. The van der Waals surface area contributed by atoms with Crippen molar-refractivity contribution in [3.8, 4) is 0 Å². The van der Waals surface area contributed by atoms with Crippen LogP contribution in [0.5, 0.6) is 0 Å². The highest BCUT2D eigenvalue weighted by Gasteiger charge is 2.16. The van der Waals surface area contributed by atoms with E-state index >= 15 is 0 Å². The van der Waals surface area contributed by atoms with Gasteiger partial charge in [-0.3, -0.25) is 4.79 Å². The monoisotopic (exact) mass is 344 g/mol. The van der Waals surface area contributed by atoms with Crippen molar-refractivity contribution in [1.82, 2.24) is 0 Å². The van der Waals surface area contributed by atoms with E-state index < -0.39 is 0 Å². The lowest BCUT2D eigenvalue weighted by atomic mass is 10.1. The highest BCUT2D eigenvalue weighted by atomic mass is 79.9. The number of allylic oxidation sites excluding steroid dienone is 2. The molecular formula is C12H10Br2O2. The Morgan fingerprint density at radius 2 is 1.88 bits per heavy atom. The number of Topliss-reactive ketones (excluding diaryl/α,β-unsaturated/α-hetero) is 1. The first-order valence-electron chi connectivity index (χ1n) is 5.00. The van der Waals surface area contributed by atoms with Crippen molar-refractivity contribution in [1.29, 1.82) is 0 Å². The molecule has 0 saturated heterocycles. The molecule has 84 valence electrons. The predicted octanol–water partition coefficient (Wildman–Crippen LogP) is 4.09. The molecule has 2 rings (SSSR count). The minimum absolute atomic E-state index is 0.0540. The Morgan fingerprint density at radius 1 is 1.19 bits per heavy atom. The van der Waals surface area contributed by atoms with E-state index in [1.165, 1.54) is 0 Å². The molecule has 0 bridgehead atoms. The molecule has 0 amide bonds. The summed E-state index contributed by atoms with van der Waals surface area (Å²) in [6.45, 7) is 0.632. The molecule has 0 atom stereocenters. The second-order valence-corrected chi connectivity index (χ2v) is 5.38. The molecular weight excluding hydrogens is 336 g/mol. The summed E-state index contributed by atoms with van der Waals surface area (Å²) in [4.78, 5) is 12.1. The Balaban J connectivity index is 2.29. The molecule has 2 nitrogen and oxygen atoms in total. The maximum absolute atomic E-state index is 12.1. The van der Waals surface area contributed by atoms with Crippen LogP contribution in [0.3, 0.4) is 0 Å². The third-order valence-corrected chi connectivity index (χ3v) is 3.20. The molecule has 1 aromatic carbocycles. The summed E-state index contributed by atoms with van der Waals surface area (Å²) in [5.74, 6) is 0.415. The van der Waals surface area contributed by atoms with Gasteiger partial charge in [-0.1, -0.05) is 31.9 Å². The van der Waals surface area contributed by atoms with Crippen LogP contribution in [-0.2, 0) is 4.74 Å². The van der Waals surface area contributed by atoms with Gasteiger partial charge in [-0.15, -0.1) is 0 Å². The van der Waals surface area contributed by atoms with Crippen molar-refractivity contribution < 1.29 is 9.53 Å². The zero-order chi connectivity index (χ0) is 11.5. The topological polar surface area (TPSA) is 26.3 Å². The van der Waals surface area contributed by atoms with Gasteiger partial charge in [-0.05, 0) is 37.1 Å². The molecule has 0 saturated carbocycles. The Labute approximate surface area is 111 Å². The van der Waals surface area contributed by atoms with Crippen LogP contribution in [-0.4, -0.2) is 12.4 Å². The summed E-state index contributed by atoms with van der Waals surface area (Å²) < 4.78 is 7.11. The van der Waals surface area contributed by atoms with Crippen molar-refractivity contribution >= 4 is 37.6 Å². The summed E-state index contributed by atoms with van der Waals surface area (Å²) in [7, 11) is 0. The van der Waals surface area contributed by atoms with Crippen molar-refractivity contribution in [2.24, 2.45) is 0 Å². The second kappa shape index (κ2) is 5.15. The molecule has 0 spiro atoms. The lowest BCUT2D eigenvalue weighted by Gasteiger charge is -2.13. The van der Waals surface area contributed by atoms with Gasteiger partial charge in [-0.25, -0.2) is 0 Å². The van der Waals surface area contributed by atoms with Gasteiger partial charge < -0.3 is 4.74 Å². The average molecular weight is 346 g/mol. The molecule has 0 aliphatic carbocycles. The second-order valence-electron chi connectivity index (χ2n) is 3.55. The van der Waals surface area contributed by atoms with Gasteiger partial charge in [0.25, 0.3) is 0 Å². The van der Waals surface area contributed by atoms with E-state index in [9.17, 15) is 4.79 Å². The van der Waals surface area contributed by atoms with Crippen LogP contribution < -0.4 is 0 Å². The van der Waals surface area contributed by atoms with Crippen LogP contribution in [0.15, 0.2) is 39.0 Å². The summed E-state index contributed by atoms with van der Waals surface area (Å²) >= 11 is 6.73. The fourth-order valence-corrected chi connectivity index (χ4v) is 2.84. The van der Waals surface area contributed by atoms with Crippen molar-refractivity contribution in [3.63, 3.8) is 0 Å². The van der Waals surface area contributed by atoms with Crippen LogP contribution in [0.4, 0.5) is 0 Å². The van der Waals surface area contributed by atoms with Crippen LogP contribution in [0, 0.1) is 0 Å². The third-order valence-electron chi connectivity index (χ3n) is 2.28.